The van der Waals surface area contributed by atoms with Crippen molar-refractivity contribution in [2.45, 2.75) is 44.2 Å². The Balaban J connectivity index is 1.87. The normalized spacial score (nSPS) is 17.6. The first kappa shape index (κ1) is 14.5. The Morgan fingerprint density at radius 1 is 1.42 bits per heavy atom. The first-order valence-corrected chi connectivity index (χ1v) is 7.49. The molecular weight excluding hydrogens is 262 g/mol. The molecule has 1 aromatic rings. The lowest BCUT2D eigenvalue weighted by Crippen LogP contribution is -2.45. The molecule has 0 radical (unpaired) electrons. The molecule has 19 heavy (non-hydrogen) atoms. The molecule has 0 saturated heterocycles. The van der Waals surface area contributed by atoms with E-state index in [1.807, 2.05) is 12.1 Å². The molecule has 0 unspecified atom stereocenters. The maximum Gasteiger partial charge on any atom is 0.310 e. The van der Waals surface area contributed by atoms with Crippen molar-refractivity contribution >= 4 is 17.3 Å². The molecular formula is C14H21NO3S. The molecule has 0 spiro atoms. The number of aliphatic hydroxyl groups excluding tert-OH is 1. The van der Waals surface area contributed by atoms with Gasteiger partial charge < -0.3 is 15.2 Å². The molecule has 1 aromatic heterocycles. The van der Waals surface area contributed by atoms with E-state index in [1.54, 1.807) is 11.3 Å². The van der Waals surface area contributed by atoms with Gasteiger partial charge in [-0.15, -0.1) is 11.3 Å². The van der Waals surface area contributed by atoms with Crippen LogP contribution in [0, 0.1) is 0 Å². The summed E-state index contributed by atoms with van der Waals surface area (Å²) in [6, 6.07) is 4.01. The molecule has 2 rings (SSSR count). The summed E-state index contributed by atoms with van der Waals surface area (Å²) in [6.07, 6.45) is 4.80. The van der Waals surface area contributed by atoms with Crippen molar-refractivity contribution in [3.05, 3.63) is 21.9 Å². The number of thiophene rings is 1. The summed E-state index contributed by atoms with van der Waals surface area (Å²) in [5, 5.41) is 13.0. The molecule has 1 aliphatic carbocycles. The van der Waals surface area contributed by atoms with Gasteiger partial charge in [0.1, 0.15) is 0 Å². The summed E-state index contributed by atoms with van der Waals surface area (Å²) in [5.74, 6) is -0.205. The standard InChI is InChI=1S/C14H21NO3S/c1-18-13(17)8-11-4-5-12(19-11)9-15-14(10-16)6-2-3-7-14/h4-5,15-16H,2-3,6-10H2,1H3. The Kier molecular flexibility index (Phi) is 4.96. The van der Waals surface area contributed by atoms with Crippen molar-refractivity contribution in [3.63, 3.8) is 0 Å². The van der Waals surface area contributed by atoms with Crippen molar-refractivity contribution in [2.75, 3.05) is 13.7 Å². The maximum absolute atomic E-state index is 11.2. The van der Waals surface area contributed by atoms with Gasteiger partial charge in [-0.3, -0.25) is 4.79 Å². The lowest BCUT2D eigenvalue weighted by molar-refractivity contribution is -0.139. The number of rotatable bonds is 6. The van der Waals surface area contributed by atoms with Crippen molar-refractivity contribution < 1.29 is 14.6 Å². The second kappa shape index (κ2) is 6.50. The Morgan fingerprint density at radius 3 is 2.74 bits per heavy atom. The Morgan fingerprint density at radius 2 is 2.11 bits per heavy atom. The van der Waals surface area contributed by atoms with E-state index < -0.39 is 0 Å². The average molecular weight is 283 g/mol. The monoisotopic (exact) mass is 283 g/mol. The number of aliphatic hydroxyl groups is 1. The Labute approximate surface area is 117 Å². The molecule has 5 heteroatoms. The van der Waals surface area contributed by atoms with E-state index in [1.165, 1.54) is 24.8 Å². The molecule has 0 aliphatic heterocycles. The molecule has 0 aromatic carbocycles. The SMILES string of the molecule is COC(=O)Cc1ccc(CNC2(CO)CCCC2)s1. The van der Waals surface area contributed by atoms with Crippen molar-refractivity contribution in [2.24, 2.45) is 0 Å². The molecule has 4 nitrogen and oxygen atoms in total. The second-order valence-corrected chi connectivity index (χ2v) is 6.37. The van der Waals surface area contributed by atoms with E-state index >= 15 is 0 Å². The molecule has 2 N–H and O–H groups in total. The quantitative estimate of drug-likeness (QED) is 0.782. The number of esters is 1. The fourth-order valence-corrected chi connectivity index (χ4v) is 3.49. The number of carbonyl (C=O) groups excluding carboxylic acids is 1. The molecule has 0 atom stereocenters. The molecule has 0 bridgehead atoms. The highest BCUT2D eigenvalue weighted by Crippen LogP contribution is 2.30. The number of hydrogen-bond acceptors (Lipinski definition) is 5. The minimum Gasteiger partial charge on any atom is -0.469 e. The summed E-state index contributed by atoms with van der Waals surface area (Å²) in [5.41, 5.74) is -0.0908. The zero-order valence-corrected chi connectivity index (χ0v) is 12.1. The van der Waals surface area contributed by atoms with Crippen molar-refractivity contribution in [1.82, 2.24) is 5.32 Å². The van der Waals surface area contributed by atoms with Crippen LogP contribution in [0.4, 0.5) is 0 Å². The highest BCUT2D eigenvalue weighted by molar-refractivity contribution is 7.12. The van der Waals surface area contributed by atoms with Gasteiger partial charge in [-0.2, -0.15) is 0 Å². The number of hydrogen-bond donors (Lipinski definition) is 2. The highest BCUT2D eigenvalue weighted by Gasteiger charge is 2.32. The van der Waals surface area contributed by atoms with E-state index in [2.05, 4.69) is 10.1 Å². The number of methoxy groups -OCH3 is 1. The van der Waals surface area contributed by atoms with Gasteiger partial charge in [-0.25, -0.2) is 0 Å². The molecule has 1 heterocycles. The van der Waals surface area contributed by atoms with E-state index in [4.69, 9.17) is 0 Å². The van der Waals surface area contributed by atoms with Crippen LogP contribution < -0.4 is 5.32 Å². The maximum atomic E-state index is 11.2. The highest BCUT2D eigenvalue weighted by atomic mass is 32.1. The molecule has 106 valence electrons. The van der Waals surface area contributed by atoms with Gasteiger partial charge in [0, 0.05) is 21.8 Å². The average Bonchev–Trinajstić information content (AvgIpc) is 3.06. The predicted octanol–water partition coefficient (Wildman–Crippen LogP) is 1.86. The third kappa shape index (κ3) is 3.78. The zero-order chi connectivity index (χ0) is 13.7. The third-order valence-corrected chi connectivity index (χ3v) is 4.85. The minimum atomic E-state index is -0.205. The van der Waals surface area contributed by atoms with Crippen LogP contribution in [-0.4, -0.2) is 30.3 Å². The summed E-state index contributed by atoms with van der Waals surface area (Å²) in [4.78, 5) is 13.4. The summed E-state index contributed by atoms with van der Waals surface area (Å²) in [6.45, 7) is 0.958. The fraction of sp³-hybridized carbons (Fsp3) is 0.643. The molecule has 1 fully saturated rings. The number of carbonyl (C=O) groups is 1. The largest absolute Gasteiger partial charge is 0.469 e. The summed E-state index contributed by atoms with van der Waals surface area (Å²) in [7, 11) is 1.41. The van der Waals surface area contributed by atoms with Gasteiger partial charge in [0.2, 0.25) is 0 Å². The van der Waals surface area contributed by atoms with E-state index in [-0.39, 0.29) is 18.1 Å². The van der Waals surface area contributed by atoms with Crippen LogP contribution in [-0.2, 0) is 22.5 Å². The van der Waals surface area contributed by atoms with Crippen LogP contribution in [0.2, 0.25) is 0 Å². The van der Waals surface area contributed by atoms with E-state index in [9.17, 15) is 9.90 Å². The minimum absolute atomic E-state index is 0.0908. The van der Waals surface area contributed by atoms with Gasteiger partial charge in [0.05, 0.1) is 20.1 Å². The molecule has 0 amide bonds. The van der Waals surface area contributed by atoms with Crippen LogP contribution in [0.3, 0.4) is 0 Å². The van der Waals surface area contributed by atoms with Crippen LogP contribution in [0.25, 0.3) is 0 Å². The van der Waals surface area contributed by atoms with Crippen LogP contribution in [0.5, 0.6) is 0 Å². The topological polar surface area (TPSA) is 58.6 Å². The van der Waals surface area contributed by atoms with E-state index in [0.717, 1.165) is 24.3 Å². The Hall–Kier alpha value is -0.910. The van der Waals surface area contributed by atoms with E-state index in [0.29, 0.717) is 6.42 Å². The lowest BCUT2D eigenvalue weighted by atomic mass is 9.99. The van der Waals surface area contributed by atoms with Gasteiger partial charge in [-0.05, 0) is 25.0 Å². The summed E-state index contributed by atoms with van der Waals surface area (Å²) >= 11 is 1.62. The molecule has 1 saturated carbocycles. The van der Waals surface area contributed by atoms with Crippen LogP contribution in [0.1, 0.15) is 35.4 Å². The second-order valence-electron chi connectivity index (χ2n) is 5.12. The van der Waals surface area contributed by atoms with Gasteiger partial charge in [0.25, 0.3) is 0 Å². The van der Waals surface area contributed by atoms with Crippen LogP contribution in [0.15, 0.2) is 12.1 Å². The third-order valence-electron chi connectivity index (χ3n) is 3.76. The van der Waals surface area contributed by atoms with Crippen molar-refractivity contribution in [1.29, 1.82) is 0 Å². The fourth-order valence-electron chi connectivity index (χ4n) is 2.54. The van der Waals surface area contributed by atoms with Crippen LogP contribution >= 0.6 is 11.3 Å². The van der Waals surface area contributed by atoms with Gasteiger partial charge in [0.15, 0.2) is 0 Å². The first-order chi connectivity index (χ1) is 9.17. The zero-order valence-electron chi connectivity index (χ0n) is 11.3. The summed E-state index contributed by atoms with van der Waals surface area (Å²) < 4.78 is 4.66. The Bertz CT molecular complexity index is 424. The first-order valence-electron chi connectivity index (χ1n) is 6.68. The van der Waals surface area contributed by atoms with Gasteiger partial charge >= 0.3 is 5.97 Å². The van der Waals surface area contributed by atoms with Gasteiger partial charge in [-0.1, -0.05) is 12.8 Å². The lowest BCUT2D eigenvalue weighted by Gasteiger charge is -2.27. The smallest absolute Gasteiger partial charge is 0.310 e. The number of ether oxygens (including phenoxy) is 1. The number of nitrogens with one attached hydrogen (secondary N) is 1. The predicted molar refractivity (Wildman–Crippen MR) is 75.2 cm³/mol. The van der Waals surface area contributed by atoms with Crippen molar-refractivity contribution in [3.8, 4) is 0 Å². The molecule has 1 aliphatic rings.